The highest BCUT2D eigenvalue weighted by atomic mass is 32.2. The van der Waals surface area contributed by atoms with Gasteiger partial charge in [-0.3, -0.25) is 0 Å². The quantitative estimate of drug-likeness (QED) is 0.491. The highest BCUT2D eigenvalue weighted by Crippen LogP contribution is 2.35. The number of hydrogen-bond acceptors (Lipinski definition) is 7. The van der Waals surface area contributed by atoms with Gasteiger partial charge < -0.3 is 18.6 Å². The minimum atomic E-state index is -3.57. The third kappa shape index (κ3) is 3.65. The minimum absolute atomic E-state index is 0.0917. The first-order valence-corrected chi connectivity index (χ1v) is 9.65. The smallest absolute Gasteiger partial charge is 0.379 e. The van der Waals surface area contributed by atoms with E-state index in [9.17, 15) is 13.2 Å². The number of benzene rings is 2. The van der Waals surface area contributed by atoms with Gasteiger partial charge in [-0.05, 0) is 36.4 Å². The lowest BCUT2D eigenvalue weighted by Gasteiger charge is -2.04. The number of fused-ring (bicyclic) bond motifs is 1. The standard InChI is InChI=1S/C19H14O7S/c20-19(26-13-6-8-16-18(10-13)24-12-23-16)17-9-7-14(25-17)11-27(21,22)15-4-2-1-3-5-15/h1-10H,11-12H2. The van der Waals surface area contributed by atoms with E-state index >= 15 is 0 Å². The van der Waals surface area contributed by atoms with Gasteiger partial charge in [0.1, 0.15) is 17.3 Å². The molecule has 3 aromatic rings. The maximum atomic E-state index is 12.4. The maximum absolute atomic E-state index is 12.4. The summed E-state index contributed by atoms with van der Waals surface area (Å²) >= 11 is 0. The zero-order valence-electron chi connectivity index (χ0n) is 14.0. The molecule has 27 heavy (non-hydrogen) atoms. The lowest BCUT2D eigenvalue weighted by molar-refractivity contribution is 0.0699. The topological polar surface area (TPSA) is 92.0 Å². The SMILES string of the molecule is O=C(Oc1ccc2c(c1)OCO2)c1ccc(CS(=O)(=O)c2ccccc2)o1. The van der Waals surface area contributed by atoms with Gasteiger partial charge in [0.15, 0.2) is 21.3 Å². The molecule has 7 nitrogen and oxygen atoms in total. The van der Waals surface area contributed by atoms with Gasteiger partial charge in [0, 0.05) is 6.07 Å². The van der Waals surface area contributed by atoms with E-state index in [1.165, 1.54) is 30.3 Å². The summed E-state index contributed by atoms with van der Waals surface area (Å²) in [6.45, 7) is 0.115. The van der Waals surface area contributed by atoms with E-state index in [0.717, 1.165) is 0 Å². The van der Waals surface area contributed by atoms with E-state index in [2.05, 4.69) is 0 Å². The molecule has 2 aromatic carbocycles. The van der Waals surface area contributed by atoms with E-state index < -0.39 is 15.8 Å². The lowest BCUT2D eigenvalue weighted by Crippen LogP contribution is -2.07. The molecule has 2 heterocycles. The predicted molar refractivity (Wildman–Crippen MR) is 93.6 cm³/mol. The summed E-state index contributed by atoms with van der Waals surface area (Å²) in [7, 11) is -3.57. The summed E-state index contributed by atoms with van der Waals surface area (Å²) in [5.74, 6) is 0.281. The zero-order valence-corrected chi connectivity index (χ0v) is 14.8. The van der Waals surface area contributed by atoms with Gasteiger partial charge >= 0.3 is 5.97 Å². The molecule has 0 unspecified atom stereocenters. The number of carbonyl (C=O) groups excluding carboxylic acids is 1. The molecule has 1 aliphatic rings. The van der Waals surface area contributed by atoms with Gasteiger partial charge in [-0.15, -0.1) is 0 Å². The first kappa shape index (κ1) is 17.2. The van der Waals surface area contributed by atoms with Crippen LogP contribution in [0.2, 0.25) is 0 Å². The number of carbonyl (C=O) groups is 1. The van der Waals surface area contributed by atoms with Crippen molar-refractivity contribution in [1.29, 1.82) is 0 Å². The minimum Gasteiger partial charge on any atom is -0.454 e. The summed E-state index contributed by atoms with van der Waals surface area (Å²) in [6.07, 6.45) is 0. The Kier molecular flexibility index (Phi) is 4.33. The monoisotopic (exact) mass is 386 g/mol. The summed E-state index contributed by atoms with van der Waals surface area (Å²) in [6, 6.07) is 15.6. The van der Waals surface area contributed by atoms with Crippen LogP contribution in [0.5, 0.6) is 17.2 Å². The van der Waals surface area contributed by atoms with Gasteiger partial charge in [-0.25, -0.2) is 13.2 Å². The second kappa shape index (κ2) is 6.81. The highest BCUT2D eigenvalue weighted by molar-refractivity contribution is 7.90. The zero-order chi connectivity index (χ0) is 18.9. The van der Waals surface area contributed by atoms with Crippen molar-refractivity contribution in [3.05, 3.63) is 72.2 Å². The van der Waals surface area contributed by atoms with Gasteiger partial charge in [-0.1, -0.05) is 18.2 Å². The molecule has 0 amide bonds. The summed E-state index contributed by atoms with van der Waals surface area (Å²) in [5.41, 5.74) is 0. The van der Waals surface area contributed by atoms with Crippen molar-refractivity contribution in [1.82, 2.24) is 0 Å². The number of furan rings is 1. The Balaban J connectivity index is 1.47. The Morgan fingerprint density at radius 1 is 0.963 bits per heavy atom. The van der Waals surface area contributed by atoms with Crippen LogP contribution in [0.1, 0.15) is 16.3 Å². The summed E-state index contributed by atoms with van der Waals surface area (Å²) in [4.78, 5) is 12.4. The Bertz CT molecular complexity index is 1080. The number of ether oxygens (including phenoxy) is 3. The van der Waals surface area contributed by atoms with Gasteiger partial charge in [0.05, 0.1) is 4.90 Å². The maximum Gasteiger partial charge on any atom is 0.379 e. The molecule has 138 valence electrons. The van der Waals surface area contributed by atoms with Gasteiger partial charge in [0.2, 0.25) is 12.6 Å². The second-order valence-corrected chi connectivity index (χ2v) is 7.73. The molecular formula is C19H14O7S. The molecule has 0 radical (unpaired) electrons. The molecule has 4 rings (SSSR count). The highest BCUT2D eigenvalue weighted by Gasteiger charge is 2.21. The van der Waals surface area contributed by atoms with Crippen molar-refractivity contribution in [2.24, 2.45) is 0 Å². The third-order valence-electron chi connectivity index (χ3n) is 3.85. The predicted octanol–water partition coefficient (Wildman–Crippen LogP) is 3.20. The normalized spacial score (nSPS) is 12.7. The fourth-order valence-electron chi connectivity index (χ4n) is 2.56. The van der Waals surface area contributed by atoms with Crippen LogP contribution in [0.4, 0.5) is 0 Å². The lowest BCUT2D eigenvalue weighted by atomic mass is 10.3. The number of rotatable bonds is 5. The van der Waals surface area contributed by atoms with Crippen LogP contribution in [-0.4, -0.2) is 21.2 Å². The molecule has 0 saturated heterocycles. The molecule has 1 aromatic heterocycles. The Labute approximate surface area is 155 Å². The van der Waals surface area contributed by atoms with Crippen LogP contribution in [0.25, 0.3) is 0 Å². The fourth-order valence-corrected chi connectivity index (χ4v) is 3.83. The Hall–Kier alpha value is -3.26. The molecule has 0 spiro atoms. The number of hydrogen-bond donors (Lipinski definition) is 0. The molecule has 1 aliphatic heterocycles. The van der Waals surface area contributed by atoms with Gasteiger partial charge in [0.25, 0.3) is 0 Å². The van der Waals surface area contributed by atoms with Crippen LogP contribution in [0, 0.1) is 0 Å². The van der Waals surface area contributed by atoms with Crippen molar-refractivity contribution < 1.29 is 31.8 Å². The molecule has 0 bridgehead atoms. The largest absolute Gasteiger partial charge is 0.454 e. The number of sulfone groups is 1. The van der Waals surface area contributed by atoms with E-state index in [1.807, 2.05) is 0 Å². The summed E-state index contributed by atoms with van der Waals surface area (Å²) < 4.78 is 45.8. The first-order chi connectivity index (χ1) is 13.0. The van der Waals surface area contributed by atoms with Crippen molar-refractivity contribution in [3.63, 3.8) is 0 Å². The fraction of sp³-hybridized carbons (Fsp3) is 0.105. The Morgan fingerprint density at radius 2 is 1.74 bits per heavy atom. The van der Waals surface area contributed by atoms with Gasteiger partial charge in [-0.2, -0.15) is 0 Å². The van der Waals surface area contributed by atoms with E-state index in [0.29, 0.717) is 11.5 Å². The molecule has 0 fully saturated rings. The molecular weight excluding hydrogens is 372 g/mol. The second-order valence-electron chi connectivity index (χ2n) is 5.74. The first-order valence-electron chi connectivity index (χ1n) is 8.00. The van der Waals surface area contributed by atoms with Crippen LogP contribution in [0.3, 0.4) is 0 Å². The number of esters is 1. The average molecular weight is 386 g/mol. The third-order valence-corrected chi connectivity index (χ3v) is 5.51. The summed E-state index contributed by atoms with van der Waals surface area (Å²) in [5, 5.41) is 0. The van der Waals surface area contributed by atoms with Crippen LogP contribution in [0.15, 0.2) is 70.0 Å². The van der Waals surface area contributed by atoms with Crippen molar-refractivity contribution >= 4 is 15.8 Å². The molecule has 0 atom stereocenters. The van der Waals surface area contributed by atoms with Crippen molar-refractivity contribution in [2.75, 3.05) is 6.79 Å². The van der Waals surface area contributed by atoms with E-state index in [1.54, 1.807) is 30.3 Å². The van der Waals surface area contributed by atoms with E-state index in [-0.39, 0.29) is 34.7 Å². The molecule has 0 N–H and O–H groups in total. The average Bonchev–Trinajstić information content (AvgIpc) is 3.31. The molecule has 8 heteroatoms. The Morgan fingerprint density at radius 3 is 2.56 bits per heavy atom. The van der Waals surface area contributed by atoms with Crippen LogP contribution in [-0.2, 0) is 15.6 Å². The molecule has 0 saturated carbocycles. The van der Waals surface area contributed by atoms with Crippen molar-refractivity contribution in [2.45, 2.75) is 10.6 Å². The van der Waals surface area contributed by atoms with Crippen molar-refractivity contribution in [3.8, 4) is 17.2 Å². The van der Waals surface area contributed by atoms with Crippen LogP contribution >= 0.6 is 0 Å². The van der Waals surface area contributed by atoms with Crippen LogP contribution < -0.4 is 14.2 Å². The molecule has 0 aliphatic carbocycles. The van der Waals surface area contributed by atoms with E-state index in [4.69, 9.17) is 18.6 Å².